The monoisotopic (exact) mass is 320 g/mol. The van der Waals surface area contributed by atoms with Crippen molar-refractivity contribution in [2.45, 2.75) is 64.0 Å². The van der Waals surface area contributed by atoms with Gasteiger partial charge >= 0.3 is 0 Å². The first-order valence-electron chi connectivity index (χ1n) is 7.84. The maximum Gasteiger partial charge on any atom is 0.192 e. The Kier molecular flexibility index (Phi) is 6.80. The highest BCUT2D eigenvalue weighted by Gasteiger charge is 2.53. The number of unbranched alkanes of at least 4 members (excludes halogenated alkanes) is 1. The Balaban J connectivity index is 2.90. The zero-order valence-electron chi connectivity index (χ0n) is 14.0. The molecule has 1 aliphatic carbocycles. The largest absolute Gasteiger partial charge is 0.401 e. The lowest BCUT2D eigenvalue weighted by atomic mass is 9.88. The molecule has 4 heteroatoms. The summed E-state index contributed by atoms with van der Waals surface area (Å²) in [5.74, 6) is 6.02. The van der Waals surface area contributed by atoms with E-state index in [1.807, 2.05) is 13.0 Å². The van der Waals surface area contributed by atoms with Crippen molar-refractivity contribution in [1.29, 1.82) is 0 Å². The summed E-state index contributed by atoms with van der Waals surface area (Å²) in [5, 5.41) is 10.8. The van der Waals surface area contributed by atoms with Crippen molar-refractivity contribution < 1.29 is 14.3 Å². The lowest BCUT2D eigenvalue weighted by Crippen LogP contribution is -2.44. The molecule has 0 heterocycles. The van der Waals surface area contributed by atoms with Crippen LogP contribution in [0.1, 0.15) is 32.6 Å². The Morgan fingerprint density at radius 2 is 2.14 bits per heavy atom. The molecular formula is C18H28O3Si. The predicted octanol–water partition coefficient (Wildman–Crippen LogP) is 3.46. The van der Waals surface area contributed by atoms with Crippen LogP contribution in [0.4, 0.5) is 0 Å². The van der Waals surface area contributed by atoms with Crippen molar-refractivity contribution in [3.8, 4) is 11.8 Å². The summed E-state index contributed by atoms with van der Waals surface area (Å²) in [6, 6.07) is 0.812. The molecule has 0 spiro atoms. The van der Waals surface area contributed by atoms with Gasteiger partial charge in [0.15, 0.2) is 8.32 Å². The first kappa shape index (κ1) is 18.9. The number of aliphatic hydroxyl groups is 1. The number of aldehydes is 1. The number of carbonyl (C=O) groups excluding carboxylic acids is 1. The Hall–Kier alpha value is -1.15. The average Bonchev–Trinajstić information content (AvgIpc) is 3.22. The number of carbonyl (C=O) groups is 1. The maximum absolute atomic E-state index is 10.8. The van der Waals surface area contributed by atoms with Gasteiger partial charge in [0, 0.05) is 18.3 Å². The van der Waals surface area contributed by atoms with E-state index in [1.165, 1.54) is 0 Å². The van der Waals surface area contributed by atoms with Gasteiger partial charge in [-0.25, -0.2) is 0 Å². The van der Waals surface area contributed by atoms with Gasteiger partial charge in [0.1, 0.15) is 12.4 Å². The van der Waals surface area contributed by atoms with E-state index in [9.17, 15) is 9.90 Å². The van der Waals surface area contributed by atoms with Gasteiger partial charge in [-0.2, -0.15) is 0 Å². The van der Waals surface area contributed by atoms with Crippen LogP contribution in [0.2, 0.25) is 19.1 Å². The highest BCUT2D eigenvalue weighted by atomic mass is 28.4. The molecule has 0 aliphatic heterocycles. The van der Waals surface area contributed by atoms with E-state index in [0.717, 1.165) is 30.7 Å². The molecule has 3 nitrogen and oxygen atoms in total. The summed E-state index contributed by atoms with van der Waals surface area (Å²) in [5.41, 5.74) is 0.745. The topological polar surface area (TPSA) is 46.5 Å². The molecule has 0 saturated heterocycles. The van der Waals surface area contributed by atoms with Crippen LogP contribution in [0, 0.1) is 17.3 Å². The second-order valence-electron chi connectivity index (χ2n) is 6.70. The smallest absolute Gasteiger partial charge is 0.192 e. The summed E-state index contributed by atoms with van der Waals surface area (Å²) in [4.78, 5) is 10.4. The Morgan fingerprint density at radius 3 is 2.59 bits per heavy atom. The Labute approximate surface area is 135 Å². The van der Waals surface area contributed by atoms with Crippen molar-refractivity contribution in [2.24, 2.45) is 5.41 Å². The molecule has 122 valence electrons. The molecule has 0 unspecified atom stereocenters. The minimum Gasteiger partial charge on any atom is -0.401 e. The minimum atomic E-state index is -1.96. The lowest BCUT2D eigenvalue weighted by Gasteiger charge is -2.33. The fourth-order valence-electron chi connectivity index (χ4n) is 2.62. The molecule has 1 fully saturated rings. The van der Waals surface area contributed by atoms with Gasteiger partial charge < -0.3 is 14.3 Å². The third-order valence-electron chi connectivity index (χ3n) is 4.20. The van der Waals surface area contributed by atoms with Crippen LogP contribution in [0.3, 0.4) is 0 Å². The molecule has 1 saturated carbocycles. The molecule has 1 N–H and O–H groups in total. The van der Waals surface area contributed by atoms with E-state index >= 15 is 0 Å². The van der Waals surface area contributed by atoms with Crippen LogP contribution in [0.5, 0.6) is 0 Å². The molecule has 2 atom stereocenters. The highest BCUT2D eigenvalue weighted by molar-refractivity contribution is 6.71. The number of allylic oxidation sites excluding steroid dienone is 1. The number of hydrogen-bond donors (Lipinski definition) is 1. The van der Waals surface area contributed by atoms with Gasteiger partial charge in [0.05, 0.1) is 6.10 Å². The van der Waals surface area contributed by atoms with Gasteiger partial charge in [0.2, 0.25) is 0 Å². The molecule has 0 amide bonds. The normalized spacial score (nSPS) is 18.5. The zero-order chi connectivity index (χ0) is 16.8. The van der Waals surface area contributed by atoms with Crippen molar-refractivity contribution in [3.63, 3.8) is 0 Å². The summed E-state index contributed by atoms with van der Waals surface area (Å²) < 4.78 is 6.21. The maximum atomic E-state index is 10.8. The molecule has 0 radical (unpaired) electrons. The van der Waals surface area contributed by atoms with E-state index < -0.39 is 20.5 Å². The number of rotatable bonds is 9. The molecule has 22 heavy (non-hydrogen) atoms. The van der Waals surface area contributed by atoms with Crippen molar-refractivity contribution in [2.75, 3.05) is 0 Å². The van der Waals surface area contributed by atoms with Gasteiger partial charge in [-0.05, 0) is 38.9 Å². The van der Waals surface area contributed by atoms with Gasteiger partial charge in [-0.1, -0.05) is 24.1 Å². The van der Waals surface area contributed by atoms with E-state index in [1.54, 1.807) is 0 Å². The van der Waals surface area contributed by atoms with Gasteiger partial charge in [-0.3, -0.25) is 0 Å². The zero-order valence-corrected chi connectivity index (χ0v) is 15.0. The molecule has 0 aromatic heterocycles. The van der Waals surface area contributed by atoms with Crippen LogP contribution in [0.15, 0.2) is 24.8 Å². The van der Waals surface area contributed by atoms with E-state index in [-0.39, 0.29) is 5.41 Å². The Bertz CT molecular complexity index is 480. The SMILES string of the molecule is C=CC[Si](C)(C)O[C@@H](C#CCCC=O)[C@H](O)C1(C(=C)C)CC1. The highest BCUT2D eigenvalue weighted by Crippen LogP contribution is 2.55. The lowest BCUT2D eigenvalue weighted by molar-refractivity contribution is -0.107. The van der Waals surface area contributed by atoms with Crippen molar-refractivity contribution in [1.82, 2.24) is 0 Å². The van der Waals surface area contributed by atoms with Crippen molar-refractivity contribution in [3.05, 3.63) is 24.8 Å². The number of aliphatic hydroxyl groups excluding tert-OH is 1. The third kappa shape index (κ3) is 4.94. The fourth-order valence-corrected chi connectivity index (χ4v) is 4.28. The van der Waals surface area contributed by atoms with Gasteiger partial charge in [-0.15, -0.1) is 12.5 Å². The quantitative estimate of drug-likeness (QED) is 0.233. The first-order chi connectivity index (χ1) is 10.3. The summed E-state index contributed by atoms with van der Waals surface area (Å²) in [7, 11) is -1.96. The number of hydrogen-bond acceptors (Lipinski definition) is 3. The Morgan fingerprint density at radius 1 is 1.50 bits per heavy atom. The van der Waals surface area contributed by atoms with Crippen LogP contribution < -0.4 is 0 Å². The molecular weight excluding hydrogens is 292 g/mol. The van der Waals surface area contributed by atoms with Crippen molar-refractivity contribution >= 4 is 14.6 Å². The van der Waals surface area contributed by atoms with E-state index in [4.69, 9.17) is 4.43 Å². The van der Waals surface area contributed by atoms with E-state index in [0.29, 0.717) is 12.8 Å². The predicted molar refractivity (Wildman–Crippen MR) is 92.9 cm³/mol. The van der Waals surface area contributed by atoms with Crippen LogP contribution >= 0.6 is 0 Å². The molecule has 1 rings (SSSR count). The second-order valence-corrected chi connectivity index (χ2v) is 10.9. The molecule has 0 aromatic carbocycles. The molecule has 0 bridgehead atoms. The summed E-state index contributed by atoms with van der Waals surface area (Å²) >= 11 is 0. The minimum absolute atomic E-state index is 0.247. The summed E-state index contributed by atoms with van der Waals surface area (Å²) in [6.45, 7) is 14.0. The molecule has 1 aliphatic rings. The molecule has 0 aromatic rings. The fraction of sp³-hybridized carbons (Fsp3) is 0.611. The second kappa shape index (κ2) is 7.91. The summed E-state index contributed by atoms with van der Waals surface area (Å²) in [6.07, 6.45) is 4.31. The van der Waals surface area contributed by atoms with E-state index in [2.05, 4.69) is 38.1 Å². The first-order valence-corrected chi connectivity index (χ1v) is 11.0. The average molecular weight is 321 g/mol. The van der Waals surface area contributed by atoms with Crippen LogP contribution in [0.25, 0.3) is 0 Å². The van der Waals surface area contributed by atoms with Gasteiger partial charge in [0.25, 0.3) is 0 Å². The standard InChI is InChI=1S/C18H28O3Si/c1-6-14-22(4,5)21-16(10-8-7-9-13-19)17(20)18(11-12-18)15(2)3/h6,13,16-17,20H,1-2,7,9,11-12,14H2,3-5H3/t16-,17-/m0/s1. The van der Waals surface area contributed by atoms with Crippen LogP contribution in [-0.4, -0.2) is 31.9 Å². The van der Waals surface area contributed by atoms with Crippen LogP contribution in [-0.2, 0) is 9.22 Å². The third-order valence-corrected chi connectivity index (χ3v) is 6.37.